The molecule has 3 rings (SSSR count). The fourth-order valence-electron chi connectivity index (χ4n) is 3.64. The lowest BCUT2D eigenvalue weighted by molar-refractivity contribution is 0.0954. The van der Waals surface area contributed by atoms with Crippen molar-refractivity contribution in [1.29, 1.82) is 0 Å². The van der Waals surface area contributed by atoms with E-state index in [4.69, 9.17) is 0 Å². The van der Waals surface area contributed by atoms with E-state index in [1.165, 1.54) is 11.3 Å². The molecule has 6 heteroatoms. The number of carbonyl (C=O) groups is 1. The Morgan fingerprint density at radius 3 is 2.57 bits per heavy atom. The van der Waals surface area contributed by atoms with Gasteiger partial charge in [-0.15, -0.1) is 11.8 Å². The number of hydrogen-bond donors (Lipinski definition) is 0. The van der Waals surface area contributed by atoms with Gasteiger partial charge < -0.3 is 0 Å². The molecule has 128 valence electrons. The summed E-state index contributed by atoms with van der Waals surface area (Å²) in [6, 6.07) is -0.322. The van der Waals surface area contributed by atoms with E-state index in [0.29, 0.717) is 23.4 Å². The predicted molar refractivity (Wildman–Crippen MR) is 89.2 cm³/mol. The highest BCUT2D eigenvalue weighted by molar-refractivity contribution is 8.03. The molecule has 0 aromatic heterocycles. The molecular formula is C17H24F2N2OS. The van der Waals surface area contributed by atoms with Crippen LogP contribution in [-0.4, -0.2) is 40.6 Å². The summed E-state index contributed by atoms with van der Waals surface area (Å²) in [6.45, 7) is 8.32. The Morgan fingerprint density at radius 2 is 2.04 bits per heavy atom. The van der Waals surface area contributed by atoms with Crippen LogP contribution in [0, 0.1) is 11.8 Å². The molecule has 1 fully saturated rings. The average molecular weight is 342 g/mol. The molecule has 0 aromatic carbocycles. The molecule has 2 amide bonds. The van der Waals surface area contributed by atoms with Gasteiger partial charge in [0.25, 0.3) is 6.43 Å². The second-order valence-electron chi connectivity index (χ2n) is 6.71. The van der Waals surface area contributed by atoms with Gasteiger partial charge in [0.05, 0.1) is 11.6 Å². The van der Waals surface area contributed by atoms with Crippen molar-refractivity contribution in [3.63, 3.8) is 0 Å². The van der Waals surface area contributed by atoms with Crippen molar-refractivity contribution in [2.45, 2.75) is 51.2 Å². The minimum absolute atomic E-state index is 0.240. The topological polar surface area (TPSA) is 23.6 Å². The fourth-order valence-corrected chi connectivity index (χ4v) is 5.14. The van der Waals surface area contributed by atoms with E-state index in [-0.39, 0.29) is 11.9 Å². The summed E-state index contributed by atoms with van der Waals surface area (Å²) in [7, 11) is 0. The van der Waals surface area contributed by atoms with E-state index in [9.17, 15) is 13.6 Å². The summed E-state index contributed by atoms with van der Waals surface area (Å²) in [5, 5.41) is 1.36. The standard InChI is InChI=1S/C17H24F2N2OS/c1-4-13-10(2)15-11(3)20(9-14(18)19)17(22)21(16(15)23-13)8-12-6-5-7-12/h10,12-14H,3-9H2,1-2H3. The van der Waals surface area contributed by atoms with Gasteiger partial charge in [-0.3, -0.25) is 9.80 Å². The first-order valence-corrected chi connectivity index (χ1v) is 9.29. The normalized spacial score (nSPS) is 28.7. The lowest BCUT2D eigenvalue weighted by Gasteiger charge is -2.41. The van der Waals surface area contributed by atoms with Gasteiger partial charge in [-0.25, -0.2) is 13.6 Å². The first kappa shape index (κ1) is 16.8. The van der Waals surface area contributed by atoms with Crippen molar-refractivity contribution in [2.75, 3.05) is 13.1 Å². The maximum atomic E-state index is 12.9. The molecule has 2 atom stereocenters. The smallest absolute Gasteiger partial charge is 0.289 e. The molecule has 0 N–H and O–H groups in total. The van der Waals surface area contributed by atoms with Crippen LogP contribution in [0.1, 0.15) is 39.5 Å². The van der Waals surface area contributed by atoms with Crippen LogP contribution in [0.25, 0.3) is 0 Å². The minimum Gasteiger partial charge on any atom is -0.289 e. The summed E-state index contributed by atoms with van der Waals surface area (Å²) in [4.78, 5) is 15.8. The molecular weight excluding hydrogens is 318 g/mol. The molecule has 0 radical (unpaired) electrons. The Kier molecular flexibility index (Phi) is 4.72. The number of nitrogens with zero attached hydrogens (tertiary/aromatic N) is 2. The van der Waals surface area contributed by atoms with Crippen LogP contribution < -0.4 is 0 Å². The molecule has 2 unspecified atom stereocenters. The number of allylic oxidation sites excluding steroid dienone is 1. The third-order valence-corrected chi connectivity index (χ3v) is 6.95. The second-order valence-corrected chi connectivity index (χ2v) is 7.94. The second kappa shape index (κ2) is 6.46. The molecule has 3 aliphatic rings. The quantitative estimate of drug-likeness (QED) is 0.724. The molecule has 0 bridgehead atoms. The van der Waals surface area contributed by atoms with E-state index in [1.54, 1.807) is 16.7 Å². The molecule has 2 aliphatic heterocycles. The molecule has 3 nitrogen and oxygen atoms in total. The summed E-state index contributed by atoms with van der Waals surface area (Å²) in [6.07, 6.45) is 1.90. The van der Waals surface area contributed by atoms with E-state index in [2.05, 4.69) is 20.4 Å². The van der Waals surface area contributed by atoms with Crippen molar-refractivity contribution in [3.05, 3.63) is 22.9 Å². The average Bonchev–Trinajstić information content (AvgIpc) is 2.78. The summed E-state index contributed by atoms with van der Waals surface area (Å²) in [5.74, 6) is 0.744. The van der Waals surface area contributed by atoms with Gasteiger partial charge in [-0.05, 0) is 31.1 Å². The largest absolute Gasteiger partial charge is 0.329 e. The number of thioether (sulfide) groups is 1. The Hall–Kier alpha value is -1.04. The Bertz CT molecular complexity index is 545. The van der Waals surface area contributed by atoms with E-state index in [1.807, 2.05) is 0 Å². The summed E-state index contributed by atoms with van der Waals surface area (Å²) < 4.78 is 25.9. The zero-order valence-electron chi connectivity index (χ0n) is 13.7. The Balaban J connectivity index is 1.93. The fraction of sp³-hybridized carbons (Fsp3) is 0.706. The Labute approximate surface area is 140 Å². The SMILES string of the molecule is C=C1C2=C(SC(CC)C2C)N(CC2CCC2)C(=O)N1CC(F)F. The van der Waals surface area contributed by atoms with Crippen LogP contribution in [-0.2, 0) is 0 Å². The molecule has 0 aromatic rings. The number of rotatable bonds is 5. The monoisotopic (exact) mass is 342 g/mol. The van der Waals surface area contributed by atoms with E-state index < -0.39 is 13.0 Å². The van der Waals surface area contributed by atoms with Crippen molar-refractivity contribution >= 4 is 17.8 Å². The lowest BCUT2D eigenvalue weighted by Crippen LogP contribution is -2.49. The molecule has 1 aliphatic carbocycles. The van der Waals surface area contributed by atoms with Crippen LogP contribution >= 0.6 is 11.8 Å². The molecule has 2 heterocycles. The highest BCUT2D eigenvalue weighted by atomic mass is 32.2. The molecule has 0 spiro atoms. The van der Waals surface area contributed by atoms with Crippen LogP contribution in [0.15, 0.2) is 22.9 Å². The van der Waals surface area contributed by atoms with Crippen LogP contribution in [0.5, 0.6) is 0 Å². The zero-order valence-corrected chi connectivity index (χ0v) is 14.5. The van der Waals surface area contributed by atoms with E-state index in [0.717, 1.165) is 29.9 Å². The number of alkyl halides is 2. The van der Waals surface area contributed by atoms with E-state index >= 15 is 0 Å². The summed E-state index contributed by atoms with van der Waals surface area (Å²) in [5.41, 5.74) is 1.48. The lowest BCUT2D eigenvalue weighted by atomic mass is 9.85. The first-order chi connectivity index (χ1) is 10.9. The van der Waals surface area contributed by atoms with Gasteiger partial charge in [-0.1, -0.05) is 26.8 Å². The number of urea groups is 1. The maximum Gasteiger partial charge on any atom is 0.329 e. The van der Waals surface area contributed by atoms with Crippen molar-refractivity contribution in [3.8, 4) is 0 Å². The van der Waals surface area contributed by atoms with Gasteiger partial charge in [0, 0.05) is 23.1 Å². The zero-order chi connectivity index (χ0) is 16.7. The predicted octanol–water partition coefficient (Wildman–Crippen LogP) is 4.68. The molecule has 0 saturated heterocycles. The van der Waals surface area contributed by atoms with Crippen LogP contribution in [0.4, 0.5) is 13.6 Å². The molecule has 23 heavy (non-hydrogen) atoms. The van der Waals surface area contributed by atoms with Crippen LogP contribution in [0.3, 0.4) is 0 Å². The number of carbonyl (C=O) groups excluding carboxylic acids is 1. The van der Waals surface area contributed by atoms with Crippen LogP contribution in [0.2, 0.25) is 0 Å². The Morgan fingerprint density at radius 1 is 1.35 bits per heavy atom. The van der Waals surface area contributed by atoms with Crippen molar-refractivity contribution in [1.82, 2.24) is 9.80 Å². The number of halogens is 2. The number of amides is 2. The van der Waals surface area contributed by atoms with Crippen molar-refractivity contribution < 1.29 is 13.6 Å². The highest BCUT2D eigenvalue weighted by Gasteiger charge is 2.45. The third-order valence-electron chi connectivity index (χ3n) is 5.24. The summed E-state index contributed by atoms with van der Waals surface area (Å²) >= 11 is 1.73. The maximum absolute atomic E-state index is 12.9. The van der Waals surface area contributed by atoms with Gasteiger partial charge in [0.2, 0.25) is 0 Å². The molecule has 1 saturated carbocycles. The number of hydrogen-bond acceptors (Lipinski definition) is 2. The van der Waals surface area contributed by atoms with Gasteiger partial charge in [0.15, 0.2) is 0 Å². The highest BCUT2D eigenvalue weighted by Crippen LogP contribution is 2.51. The minimum atomic E-state index is -2.55. The third kappa shape index (κ3) is 2.90. The van der Waals surface area contributed by atoms with Gasteiger partial charge in [0.1, 0.15) is 0 Å². The van der Waals surface area contributed by atoms with Crippen molar-refractivity contribution in [2.24, 2.45) is 11.8 Å². The van der Waals surface area contributed by atoms with Gasteiger partial charge >= 0.3 is 6.03 Å². The first-order valence-electron chi connectivity index (χ1n) is 8.41. The van der Waals surface area contributed by atoms with Gasteiger partial charge in [-0.2, -0.15) is 0 Å².